The number of nitrogens with zero attached hydrogens (tertiary/aromatic N) is 2. The van der Waals surface area contributed by atoms with Gasteiger partial charge >= 0.3 is 0 Å². The lowest BCUT2D eigenvalue weighted by Crippen LogP contribution is -2.00. The first-order valence-corrected chi connectivity index (χ1v) is 7.17. The van der Waals surface area contributed by atoms with Crippen LogP contribution in [0.2, 0.25) is 10.0 Å². The summed E-state index contributed by atoms with van der Waals surface area (Å²) in [6, 6.07) is 9.83. The Hall–Kier alpha value is -1.51. The fourth-order valence-electron chi connectivity index (χ4n) is 2.29. The van der Waals surface area contributed by atoms with Gasteiger partial charge in [0.2, 0.25) is 0 Å². The van der Waals surface area contributed by atoms with Crippen molar-refractivity contribution in [2.75, 3.05) is 0 Å². The van der Waals surface area contributed by atoms with Gasteiger partial charge in [-0.2, -0.15) is 0 Å². The third-order valence-corrected chi connectivity index (χ3v) is 4.33. The van der Waals surface area contributed by atoms with Crippen LogP contribution in [-0.4, -0.2) is 9.55 Å². The van der Waals surface area contributed by atoms with Gasteiger partial charge in [-0.3, -0.25) is 0 Å². The highest BCUT2D eigenvalue weighted by molar-refractivity contribution is 6.36. The Morgan fingerprint density at radius 3 is 2.40 bits per heavy atom. The van der Waals surface area contributed by atoms with Gasteiger partial charge in [-0.15, -0.1) is 0 Å². The maximum absolute atomic E-state index is 6.24. The topological polar surface area (TPSA) is 17.8 Å². The van der Waals surface area contributed by atoms with Gasteiger partial charge in [-0.25, -0.2) is 4.98 Å². The van der Waals surface area contributed by atoms with Crippen molar-refractivity contribution in [3.63, 3.8) is 0 Å². The molecule has 0 aliphatic rings. The van der Waals surface area contributed by atoms with Crippen LogP contribution < -0.4 is 0 Å². The van der Waals surface area contributed by atoms with Crippen molar-refractivity contribution in [2.24, 2.45) is 0 Å². The van der Waals surface area contributed by atoms with E-state index in [4.69, 9.17) is 23.2 Å². The molecule has 3 aromatic rings. The number of rotatable bonds is 2. The fourth-order valence-corrected chi connectivity index (χ4v) is 2.81. The molecule has 0 saturated heterocycles. The second-order valence-corrected chi connectivity index (χ2v) is 5.81. The van der Waals surface area contributed by atoms with Crippen molar-refractivity contribution in [2.45, 2.75) is 20.4 Å². The van der Waals surface area contributed by atoms with Gasteiger partial charge < -0.3 is 4.57 Å². The number of hydrogen-bond acceptors (Lipinski definition) is 1. The fraction of sp³-hybridized carbons (Fsp3) is 0.188. The van der Waals surface area contributed by atoms with Gasteiger partial charge in [-0.05, 0) is 49.2 Å². The molecule has 2 nitrogen and oxygen atoms in total. The summed E-state index contributed by atoms with van der Waals surface area (Å²) < 4.78 is 2.08. The van der Waals surface area contributed by atoms with Gasteiger partial charge in [0.1, 0.15) is 0 Å². The van der Waals surface area contributed by atoms with Crippen LogP contribution in [0.25, 0.3) is 11.0 Å². The summed E-state index contributed by atoms with van der Waals surface area (Å²) in [5.74, 6) is 0. The molecule has 0 aliphatic heterocycles. The summed E-state index contributed by atoms with van der Waals surface area (Å²) in [6.07, 6.45) is 1.84. The Labute approximate surface area is 128 Å². The molecule has 20 heavy (non-hydrogen) atoms. The number of hydrogen-bond donors (Lipinski definition) is 0. The maximum atomic E-state index is 6.24. The van der Waals surface area contributed by atoms with Crippen LogP contribution in [0.5, 0.6) is 0 Å². The quantitative estimate of drug-likeness (QED) is 0.651. The highest BCUT2D eigenvalue weighted by Gasteiger charge is 2.10. The minimum Gasteiger partial charge on any atom is -0.326 e. The van der Waals surface area contributed by atoms with Crippen LogP contribution in [0.15, 0.2) is 36.7 Å². The lowest BCUT2D eigenvalue weighted by atomic mass is 10.1. The van der Waals surface area contributed by atoms with E-state index in [0.717, 1.165) is 16.6 Å². The molecule has 0 saturated carbocycles. The molecule has 4 heteroatoms. The third-order valence-electron chi connectivity index (χ3n) is 3.63. The van der Waals surface area contributed by atoms with E-state index < -0.39 is 0 Å². The summed E-state index contributed by atoms with van der Waals surface area (Å²) >= 11 is 12.5. The first-order chi connectivity index (χ1) is 9.56. The maximum Gasteiger partial charge on any atom is 0.0961 e. The third kappa shape index (κ3) is 2.30. The highest BCUT2D eigenvalue weighted by Crippen LogP contribution is 2.27. The molecule has 0 bridgehead atoms. The van der Waals surface area contributed by atoms with Gasteiger partial charge in [-0.1, -0.05) is 29.3 Å². The Morgan fingerprint density at radius 1 is 1.05 bits per heavy atom. The van der Waals surface area contributed by atoms with Crippen LogP contribution in [0.1, 0.15) is 16.7 Å². The summed E-state index contributed by atoms with van der Waals surface area (Å²) in [7, 11) is 0. The standard InChI is InChI=1S/C16H14Cl2N2/c1-10-6-15-16(7-11(10)2)20(9-19-15)8-12-13(17)4-3-5-14(12)18/h3-7,9H,8H2,1-2H3. The minimum absolute atomic E-state index is 0.623. The molecule has 0 atom stereocenters. The molecule has 0 unspecified atom stereocenters. The Morgan fingerprint density at radius 2 is 1.70 bits per heavy atom. The van der Waals surface area contributed by atoms with Gasteiger partial charge in [0.25, 0.3) is 0 Å². The van der Waals surface area contributed by atoms with E-state index in [9.17, 15) is 0 Å². The molecule has 0 N–H and O–H groups in total. The molecule has 1 heterocycles. The van der Waals surface area contributed by atoms with E-state index >= 15 is 0 Å². The van der Waals surface area contributed by atoms with Crippen LogP contribution in [0.3, 0.4) is 0 Å². The Balaban J connectivity index is 2.10. The lowest BCUT2D eigenvalue weighted by Gasteiger charge is -2.09. The zero-order chi connectivity index (χ0) is 14.3. The molecule has 3 rings (SSSR count). The normalized spacial score (nSPS) is 11.2. The number of fused-ring (bicyclic) bond motifs is 1. The number of halogens is 2. The van der Waals surface area contributed by atoms with Crippen molar-refractivity contribution in [3.8, 4) is 0 Å². The molecule has 0 aliphatic carbocycles. The SMILES string of the molecule is Cc1cc2ncn(Cc3c(Cl)cccc3Cl)c2cc1C. The molecule has 0 radical (unpaired) electrons. The Kier molecular flexibility index (Phi) is 3.45. The molecule has 2 aromatic carbocycles. The van der Waals surface area contributed by atoms with E-state index in [1.165, 1.54) is 11.1 Å². The molecule has 0 fully saturated rings. The summed E-state index contributed by atoms with van der Waals surface area (Å²) in [5.41, 5.74) is 5.52. The Bertz CT molecular complexity index is 770. The average molecular weight is 305 g/mol. The van der Waals surface area contributed by atoms with Crippen LogP contribution in [0, 0.1) is 13.8 Å². The van der Waals surface area contributed by atoms with E-state index in [-0.39, 0.29) is 0 Å². The smallest absolute Gasteiger partial charge is 0.0961 e. The largest absolute Gasteiger partial charge is 0.326 e. The van der Waals surface area contributed by atoms with E-state index in [1.807, 2.05) is 24.5 Å². The van der Waals surface area contributed by atoms with Crippen LogP contribution >= 0.6 is 23.2 Å². The zero-order valence-electron chi connectivity index (χ0n) is 11.3. The van der Waals surface area contributed by atoms with Crippen LogP contribution in [0.4, 0.5) is 0 Å². The molecule has 1 aromatic heterocycles. The van der Waals surface area contributed by atoms with Gasteiger partial charge in [0.05, 0.1) is 23.9 Å². The molecule has 0 amide bonds. The molecular formula is C16H14Cl2N2. The molecule has 102 valence electrons. The van der Waals surface area contributed by atoms with Crippen molar-refractivity contribution in [3.05, 3.63) is 63.4 Å². The van der Waals surface area contributed by atoms with Gasteiger partial charge in [0.15, 0.2) is 0 Å². The number of aromatic nitrogens is 2. The number of benzene rings is 2. The van der Waals surface area contributed by atoms with Crippen molar-refractivity contribution in [1.29, 1.82) is 0 Å². The van der Waals surface area contributed by atoms with Crippen molar-refractivity contribution in [1.82, 2.24) is 9.55 Å². The predicted molar refractivity (Wildman–Crippen MR) is 84.8 cm³/mol. The molecular weight excluding hydrogens is 291 g/mol. The summed E-state index contributed by atoms with van der Waals surface area (Å²) in [5, 5.41) is 1.37. The lowest BCUT2D eigenvalue weighted by molar-refractivity contribution is 0.824. The summed E-state index contributed by atoms with van der Waals surface area (Å²) in [6.45, 7) is 4.82. The predicted octanol–water partition coefficient (Wildman–Crippen LogP) is 5.01. The van der Waals surface area contributed by atoms with Gasteiger partial charge in [0, 0.05) is 15.6 Å². The van der Waals surface area contributed by atoms with Crippen molar-refractivity contribution < 1.29 is 0 Å². The number of aryl methyl sites for hydroxylation is 2. The van der Waals surface area contributed by atoms with Crippen LogP contribution in [-0.2, 0) is 6.54 Å². The first-order valence-electron chi connectivity index (χ1n) is 6.41. The summed E-state index contributed by atoms with van der Waals surface area (Å²) in [4.78, 5) is 4.45. The van der Waals surface area contributed by atoms with E-state index in [1.54, 1.807) is 0 Å². The average Bonchev–Trinajstić information content (AvgIpc) is 2.77. The first kappa shape index (κ1) is 13.5. The second kappa shape index (κ2) is 5.12. The molecule has 0 spiro atoms. The second-order valence-electron chi connectivity index (χ2n) is 5.00. The minimum atomic E-state index is 0.623. The number of imidazole rings is 1. The van der Waals surface area contributed by atoms with E-state index in [0.29, 0.717) is 16.6 Å². The van der Waals surface area contributed by atoms with E-state index in [2.05, 4.69) is 35.5 Å². The van der Waals surface area contributed by atoms with Crippen molar-refractivity contribution >= 4 is 34.2 Å². The monoisotopic (exact) mass is 304 g/mol. The zero-order valence-corrected chi connectivity index (χ0v) is 12.8. The highest BCUT2D eigenvalue weighted by atomic mass is 35.5.